The second kappa shape index (κ2) is 5.90. The quantitative estimate of drug-likeness (QED) is 0.908. The molecule has 0 bridgehead atoms. The molecular formula is C12H13ClN2O2S2. The number of amides is 1. The highest BCUT2D eigenvalue weighted by molar-refractivity contribution is 7.84. The predicted molar refractivity (Wildman–Crippen MR) is 82.5 cm³/mol. The van der Waals surface area contributed by atoms with Crippen LogP contribution in [0.2, 0.25) is 5.02 Å². The van der Waals surface area contributed by atoms with Gasteiger partial charge in [0.1, 0.15) is 4.88 Å². The van der Waals surface area contributed by atoms with Crippen molar-refractivity contribution in [3.63, 3.8) is 0 Å². The Balaban J connectivity index is 2.25. The SMILES string of the molecule is CS(=O)CCNC(=O)c1sc2cccc(Cl)c2c1N. The molecule has 2 aromatic rings. The normalized spacial score (nSPS) is 12.5. The second-order valence-electron chi connectivity index (χ2n) is 3.99. The lowest BCUT2D eigenvalue weighted by atomic mass is 10.2. The highest BCUT2D eigenvalue weighted by Crippen LogP contribution is 2.37. The maximum absolute atomic E-state index is 12.0. The number of nitrogen functional groups attached to an aromatic ring is 1. The number of hydrogen-bond acceptors (Lipinski definition) is 4. The monoisotopic (exact) mass is 316 g/mol. The predicted octanol–water partition coefficient (Wildman–Crippen LogP) is 2.25. The molecule has 0 aliphatic carbocycles. The summed E-state index contributed by atoms with van der Waals surface area (Å²) in [5, 5.41) is 3.97. The molecule has 0 aliphatic rings. The molecule has 1 heterocycles. The van der Waals surface area contributed by atoms with Gasteiger partial charge in [0.2, 0.25) is 0 Å². The molecule has 0 spiro atoms. The molecule has 1 atom stereocenters. The standard InChI is InChI=1S/C12H13ClN2O2S2/c1-19(17)6-5-15-12(16)11-10(14)9-7(13)3-2-4-8(9)18-11/h2-4H,5-6,14H2,1H3,(H,15,16). The topological polar surface area (TPSA) is 72.2 Å². The number of carbonyl (C=O) groups is 1. The van der Waals surface area contributed by atoms with E-state index >= 15 is 0 Å². The Hall–Kier alpha value is -1.11. The zero-order valence-corrected chi connectivity index (χ0v) is 12.6. The minimum atomic E-state index is -0.926. The molecule has 102 valence electrons. The van der Waals surface area contributed by atoms with Crippen molar-refractivity contribution in [3.8, 4) is 0 Å². The fourth-order valence-corrected chi connectivity index (χ4v) is 3.47. The number of benzene rings is 1. The van der Waals surface area contributed by atoms with E-state index in [-0.39, 0.29) is 5.91 Å². The minimum Gasteiger partial charge on any atom is -0.397 e. The van der Waals surface area contributed by atoms with Crippen molar-refractivity contribution in [2.75, 3.05) is 24.3 Å². The lowest BCUT2D eigenvalue weighted by Crippen LogP contribution is -2.27. The van der Waals surface area contributed by atoms with Crippen molar-refractivity contribution in [2.24, 2.45) is 0 Å². The molecular weight excluding hydrogens is 304 g/mol. The van der Waals surface area contributed by atoms with E-state index in [2.05, 4.69) is 5.32 Å². The van der Waals surface area contributed by atoms with E-state index in [9.17, 15) is 9.00 Å². The third-order valence-electron chi connectivity index (χ3n) is 2.58. The van der Waals surface area contributed by atoms with E-state index in [1.54, 1.807) is 12.3 Å². The Kier molecular flexibility index (Phi) is 4.44. The van der Waals surface area contributed by atoms with Gasteiger partial charge in [-0.25, -0.2) is 0 Å². The molecule has 2 rings (SSSR count). The molecule has 0 aliphatic heterocycles. The fourth-order valence-electron chi connectivity index (χ4n) is 1.69. The van der Waals surface area contributed by atoms with Crippen molar-refractivity contribution >= 4 is 55.4 Å². The molecule has 3 N–H and O–H groups in total. The zero-order valence-electron chi connectivity index (χ0n) is 10.2. The molecule has 1 aromatic heterocycles. The van der Waals surface area contributed by atoms with E-state index in [4.69, 9.17) is 17.3 Å². The largest absolute Gasteiger partial charge is 0.397 e. The van der Waals surface area contributed by atoms with E-state index in [1.165, 1.54) is 11.3 Å². The smallest absolute Gasteiger partial charge is 0.263 e. The first-order valence-corrected chi connectivity index (χ1v) is 8.47. The molecule has 1 unspecified atom stereocenters. The van der Waals surface area contributed by atoms with Gasteiger partial charge in [-0.05, 0) is 12.1 Å². The molecule has 7 heteroatoms. The van der Waals surface area contributed by atoms with Gasteiger partial charge in [-0.2, -0.15) is 0 Å². The van der Waals surface area contributed by atoms with Crippen molar-refractivity contribution in [1.82, 2.24) is 5.32 Å². The van der Waals surface area contributed by atoms with Crippen LogP contribution in [0.4, 0.5) is 5.69 Å². The minimum absolute atomic E-state index is 0.250. The van der Waals surface area contributed by atoms with Crippen molar-refractivity contribution in [1.29, 1.82) is 0 Å². The van der Waals surface area contributed by atoms with E-state index in [1.807, 2.05) is 12.1 Å². The van der Waals surface area contributed by atoms with Gasteiger partial charge in [0, 0.05) is 39.4 Å². The summed E-state index contributed by atoms with van der Waals surface area (Å²) < 4.78 is 11.8. The van der Waals surface area contributed by atoms with Crippen LogP contribution >= 0.6 is 22.9 Å². The third-order valence-corrected chi connectivity index (χ3v) is 4.85. The maximum atomic E-state index is 12.0. The third kappa shape index (κ3) is 3.08. The van der Waals surface area contributed by atoms with Gasteiger partial charge in [0.15, 0.2) is 0 Å². The lowest BCUT2D eigenvalue weighted by molar-refractivity contribution is 0.0961. The van der Waals surface area contributed by atoms with Crippen LogP contribution in [0.3, 0.4) is 0 Å². The summed E-state index contributed by atoms with van der Waals surface area (Å²) in [6.45, 7) is 0.364. The van der Waals surface area contributed by atoms with Gasteiger partial charge in [0.25, 0.3) is 5.91 Å². The van der Waals surface area contributed by atoms with Crippen molar-refractivity contribution in [2.45, 2.75) is 0 Å². The van der Waals surface area contributed by atoms with Crippen LogP contribution in [0, 0.1) is 0 Å². The van der Waals surface area contributed by atoms with Crippen LogP contribution in [0.25, 0.3) is 10.1 Å². The highest BCUT2D eigenvalue weighted by atomic mass is 35.5. The first-order valence-electron chi connectivity index (χ1n) is 5.55. The maximum Gasteiger partial charge on any atom is 0.263 e. The van der Waals surface area contributed by atoms with Gasteiger partial charge in [0.05, 0.1) is 10.7 Å². The summed E-state index contributed by atoms with van der Waals surface area (Å²) in [6.07, 6.45) is 1.60. The van der Waals surface area contributed by atoms with Gasteiger partial charge < -0.3 is 11.1 Å². The summed E-state index contributed by atoms with van der Waals surface area (Å²) in [5.41, 5.74) is 6.38. The van der Waals surface area contributed by atoms with Crippen molar-refractivity contribution < 1.29 is 9.00 Å². The number of hydrogen-bond donors (Lipinski definition) is 2. The molecule has 0 saturated heterocycles. The Morgan fingerprint density at radius 3 is 2.89 bits per heavy atom. The van der Waals surface area contributed by atoms with Crippen LogP contribution in [0.15, 0.2) is 18.2 Å². The Morgan fingerprint density at radius 1 is 1.53 bits per heavy atom. The summed E-state index contributed by atoms with van der Waals surface area (Å²) in [6, 6.07) is 5.44. The molecule has 0 fully saturated rings. The summed E-state index contributed by atoms with van der Waals surface area (Å²) in [4.78, 5) is 12.5. The molecule has 1 aromatic carbocycles. The fraction of sp³-hybridized carbons (Fsp3) is 0.250. The lowest BCUT2D eigenvalue weighted by Gasteiger charge is -2.02. The van der Waals surface area contributed by atoms with Gasteiger partial charge >= 0.3 is 0 Å². The number of thiophene rings is 1. The van der Waals surface area contributed by atoms with Gasteiger partial charge in [-0.15, -0.1) is 11.3 Å². The number of halogens is 1. The summed E-state index contributed by atoms with van der Waals surface area (Å²) in [7, 11) is -0.926. The average Bonchev–Trinajstić information content (AvgIpc) is 2.67. The van der Waals surface area contributed by atoms with Crippen LogP contribution in [0.5, 0.6) is 0 Å². The van der Waals surface area contributed by atoms with Gasteiger partial charge in [-0.3, -0.25) is 9.00 Å². The van der Waals surface area contributed by atoms with E-state index in [0.29, 0.717) is 27.9 Å². The van der Waals surface area contributed by atoms with Crippen LogP contribution in [-0.4, -0.2) is 28.7 Å². The number of rotatable bonds is 4. The number of anilines is 1. The van der Waals surface area contributed by atoms with Crippen LogP contribution < -0.4 is 11.1 Å². The molecule has 4 nitrogen and oxygen atoms in total. The molecule has 1 amide bonds. The average molecular weight is 317 g/mol. The molecule has 0 radical (unpaired) electrons. The first kappa shape index (κ1) is 14.3. The Bertz CT molecular complexity index is 654. The Labute approximate surface area is 122 Å². The number of carbonyl (C=O) groups excluding carboxylic acids is 1. The van der Waals surface area contributed by atoms with Gasteiger partial charge in [-0.1, -0.05) is 17.7 Å². The van der Waals surface area contributed by atoms with Crippen LogP contribution in [0.1, 0.15) is 9.67 Å². The number of fused-ring (bicyclic) bond motifs is 1. The first-order chi connectivity index (χ1) is 9.00. The number of nitrogens with one attached hydrogen (secondary N) is 1. The molecule has 0 saturated carbocycles. The summed E-state index contributed by atoms with van der Waals surface area (Å²) in [5.74, 6) is 0.178. The Morgan fingerprint density at radius 2 is 2.26 bits per heavy atom. The van der Waals surface area contributed by atoms with E-state index in [0.717, 1.165) is 10.1 Å². The second-order valence-corrected chi connectivity index (χ2v) is 7.01. The van der Waals surface area contributed by atoms with Crippen LogP contribution in [-0.2, 0) is 10.8 Å². The van der Waals surface area contributed by atoms with E-state index < -0.39 is 10.8 Å². The van der Waals surface area contributed by atoms with Crippen molar-refractivity contribution in [3.05, 3.63) is 28.1 Å². The number of nitrogens with two attached hydrogens (primary N) is 1. The zero-order chi connectivity index (χ0) is 14.0. The molecule has 19 heavy (non-hydrogen) atoms. The highest BCUT2D eigenvalue weighted by Gasteiger charge is 2.17. The summed E-state index contributed by atoms with van der Waals surface area (Å²) >= 11 is 7.39.